The van der Waals surface area contributed by atoms with Crippen molar-refractivity contribution >= 4 is 28.9 Å². The first-order valence-corrected chi connectivity index (χ1v) is 10.9. The number of aromatic nitrogens is 1. The fourth-order valence-electron chi connectivity index (χ4n) is 3.04. The number of benzene rings is 2. The lowest BCUT2D eigenvalue weighted by Gasteiger charge is -2.15. The maximum absolute atomic E-state index is 11.3. The summed E-state index contributed by atoms with van der Waals surface area (Å²) >= 11 is 7.59. The Labute approximate surface area is 185 Å². The molecule has 0 radical (unpaired) electrons. The second-order valence-electron chi connectivity index (χ2n) is 6.89. The van der Waals surface area contributed by atoms with Gasteiger partial charge in [0.25, 0.3) is 0 Å². The Morgan fingerprint density at radius 1 is 1.20 bits per heavy atom. The Bertz CT molecular complexity index is 1020. The zero-order valence-corrected chi connectivity index (χ0v) is 18.7. The van der Waals surface area contributed by atoms with E-state index in [0.717, 1.165) is 38.0 Å². The Kier molecular flexibility index (Phi) is 7.48. The highest BCUT2D eigenvalue weighted by molar-refractivity contribution is 7.15. The summed E-state index contributed by atoms with van der Waals surface area (Å²) in [5, 5.41) is 10.9. The first kappa shape index (κ1) is 22.3. The van der Waals surface area contributed by atoms with E-state index in [1.165, 1.54) is 0 Å². The highest BCUT2D eigenvalue weighted by Gasteiger charge is 2.19. The van der Waals surface area contributed by atoms with Gasteiger partial charge in [-0.25, -0.2) is 9.78 Å². The number of carboxylic acids is 1. The third kappa shape index (κ3) is 5.59. The molecule has 2 aromatic carbocycles. The molecule has 1 N–H and O–H groups in total. The van der Waals surface area contributed by atoms with Gasteiger partial charge in [-0.3, -0.25) is 0 Å². The average molecular weight is 446 g/mol. The van der Waals surface area contributed by atoms with Crippen molar-refractivity contribution in [2.75, 3.05) is 6.61 Å². The lowest BCUT2D eigenvalue weighted by Crippen LogP contribution is -2.26. The lowest BCUT2D eigenvalue weighted by molar-refractivity contribution is -0.149. The van der Waals surface area contributed by atoms with E-state index in [1.54, 1.807) is 18.3 Å². The van der Waals surface area contributed by atoms with Crippen molar-refractivity contribution in [3.63, 3.8) is 0 Å². The molecule has 158 valence electrons. The zero-order valence-electron chi connectivity index (χ0n) is 17.1. The molecule has 0 amide bonds. The van der Waals surface area contributed by atoms with E-state index < -0.39 is 12.1 Å². The Balaban J connectivity index is 1.67. The largest absolute Gasteiger partial charge is 0.487 e. The molecule has 1 aromatic heterocycles. The van der Waals surface area contributed by atoms with Gasteiger partial charge >= 0.3 is 5.97 Å². The second-order valence-corrected chi connectivity index (χ2v) is 8.53. The second kappa shape index (κ2) is 10.1. The van der Waals surface area contributed by atoms with E-state index in [9.17, 15) is 9.90 Å². The van der Waals surface area contributed by atoms with Gasteiger partial charge in [0, 0.05) is 28.5 Å². The monoisotopic (exact) mass is 445 g/mol. The summed E-state index contributed by atoms with van der Waals surface area (Å²) in [7, 11) is 0. The molecule has 1 atom stereocenters. The summed E-state index contributed by atoms with van der Waals surface area (Å²) in [6.07, 6.45) is -0.519. The maximum Gasteiger partial charge on any atom is 0.333 e. The molecule has 0 bridgehead atoms. The fourth-order valence-corrected chi connectivity index (χ4v) is 4.08. The normalized spacial score (nSPS) is 12.0. The summed E-state index contributed by atoms with van der Waals surface area (Å²) < 4.78 is 11.3. The topological polar surface area (TPSA) is 68.7 Å². The number of carboxylic acid groups (broad SMARTS) is 1. The number of aliphatic carboxylic acids is 1. The van der Waals surface area contributed by atoms with Gasteiger partial charge in [0.2, 0.25) is 0 Å². The van der Waals surface area contributed by atoms with Gasteiger partial charge in [0.15, 0.2) is 6.10 Å². The molecular formula is C23H24ClNO4S. The van der Waals surface area contributed by atoms with Crippen LogP contribution in [0.1, 0.15) is 28.6 Å². The van der Waals surface area contributed by atoms with Crippen LogP contribution in [-0.4, -0.2) is 28.8 Å². The summed E-state index contributed by atoms with van der Waals surface area (Å²) in [4.78, 5) is 17.1. The van der Waals surface area contributed by atoms with E-state index in [2.05, 4.69) is 0 Å². The molecule has 0 aliphatic carbocycles. The minimum Gasteiger partial charge on any atom is -0.487 e. The van der Waals surface area contributed by atoms with E-state index in [-0.39, 0.29) is 0 Å². The summed E-state index contributed by atoms with van der Waals surface area (Å²) in [5.74, 6) is -0.230. The van der Waals surface area contributed by atoms with Gasteiger partial charge in [0.05, 0.1) is 5.69 Å². The minimum absolute atomic E-state index is 0.324. The number of nitrogens with zero attached hydrogens (tertiary/aromatic N) is 1. The number of hydrogen-bond donors (Lipinski definition) is 1. The van der Waals surface area contributed by atoms with Crippen molar-refractivity contribution in [3.05, 3.63) is 69.2 Å². The first-order valence-electron chi connectivity index (χ1n) is 9.66. The molecule has 0 aliphatic heterocycles. The maximum atomic E-state index is 11.3. The Morgan fingerprint density at radius 2 is 1.93 bits per heavy atom. The van der Waals surface area contributed by atoms with Crippen molar-refractivity contribution in [3.8, 4) is 16.3 Å². The van der Waals surface area contributed by atoms with E-state index in [0.29, 0.717) is 24.7 Å². The Morgan fingerprint density at radius 3 is 2.57 bits per heavy atom. The summed E-state index contributed by atoms with van der Waals surface area (Å²) in [6.45, 7) is 6.50. The van der Waals surface area contributed by atoms with Crippen molar-refractivity contribution in [1.29, 1.82) is 0 Å². The van der Waals surface area contributed by atoms with Crippen LogP contribution in [-0.2, 0) is 22.6 Å². The van der Waals surface area contributed by atoms with Crippen molar-refractivity contribution < 1.29 is 19.4 Å². The number of hydrogen-bond acceptors (Lipinski definition) is 5. The molecule has 0 saturated carbocycles. The predicted molar refractivity (Wildman–Crippen MR) is 120 cm³/mol. The first-order chi connectivity index (χ1) is 14.4. The number of aryl methyl sites for hydroxylation is 2. The average Bonchev–Trinajstić information content (AvgIpc) is 3.08. The van der Waals surface area contributed by atoms with Gasteiger partial charge in [-0.2, -0.15) is 0 Å². The van der Waals surface area contributed by atoms with Crippen LogP contribution in [0.25, 0.3) is 10.6 Å². The van der Waals surface area contributed by atoms with Gasteiger partial charge in [0.1, 0.15) is 17.4 Å². The van der Waals surface area contributed by atoms with Crippen LogP contribution in [0.2, 0.25) is 5.02 Å². The molecule has 0 fully saturated rings. The van der Waals surface area contributed by atoms with Gasteiger partial charge in [-0.15, -0.1) is 11.3 Å². The van der Waals surface area contributed by atoms with Crippen LogP contribution in [0.3, 0.4) is 0 Å². The number of ether oxygens (including phenoxy) is 2. The quantitative estimate of drug-likeness (QED) is 0.458. The van der Waals surface area contributed by atoms with E-state index >= 15 is 0 Å². The molecule has 0 unspecified atom stereocenters. The van der Waals surface area contributed by atoms with E-state index in [1.807, 2.05) is 56.3 Å². The molecule has 7 heteroatoms. The minimum atomic E-state index is -0.952. The van der Waals surface area contributed by atoms with Crippen LogP contribution < -0.4 is 4.74 Å². The lowest BCUT2D eigenvalue weighted by atomic mass is 10.0. The SMILES string of the molecule is CCO[C@@H](Cc1ccc(OCc2nc(-c3ccc(Cl)cc3)sc2C)cc1C)C(=O)O. The molecule has 0 aliphatic rings. The van der Waals surface area contributed by atoms with Crippen LogP contribution in [0.4, 0.5) is 0 Å². The molecular weight excluding hydrogens is 422 g/mol. The molecule has 0 saturated heterocycles. The Hall–Kier alpha value is -2.41. The summed E-state index contributed by atoms with van der Waals surface area (Å²) in [6, 6.07) is 13.3. The van der Waals surface area contributed by atoms with Gasteiger partial charge in [-0.05, 0) is 56.2 Å². The summed E-state index contributed by atoms with van der Waals surface area (Å²) in [5.41, 5.74) is 3.82. The molecule has 3 rings (SSSR count). The molecule has 3 aromatic rings. The molecule has 0 spiro atoms. The third-order valence-corrected chi connectivity index (χ3v) is 6.04. The number of carbonyl (C=O) groups is 1. The number of halogens is 1. The molecule has 5 nitrogen and oxygen atoms in total. The van der Waals surface area contributed by atoms with Crippen molar-refractivity contribution in [2.24, 2.45) is 0 Å². The van der Waals surface area contributed by atoms with Crippen molar-refractivity contribution in [2.45, 2.75) is 39.9 Å². The highest BCUT2D eigenvalue weighted by atomic mass is 35.5. The van der Waals surface area contributed by atoms with Crippen LogP contribution in [0.15, 0.2) is 42.5 Å². The molecule has 1 heterocycles. The van der Waals surface area contributed by atoms with Gasteiger partial charge < -0.3 is 14.6 Å². The number of rotatable bonds is 9. The number of thiazole rings is 1. The molecule has 30 heavy (non-hydrogen) atoms. The standard InChI is InChI=1S/C23H24ClNO4S/c1-4-28-21(23(26)27)12-17-7-10-19(11-14(17)2)29-13-20-15(3)30-22(25-20)16-5-8-18(24)9-6-16/h5-11,21H,4,12-13H2,1-3H3,(H,26,27)/t21-/m0/s1. The van der Waals surface area contributed by atoms with Gasteiger partial charge in [-0.1, -0.05) is 29.8 Å². The highest BCUT2D eigenvalue weighted by Crippen LogP contribution is 2.29. The van der Waals surface area contributed by atoms with E-state index in [4.69, 9.17) is 26.1 Å². The van der Waals surface area contributed by atoms with Crippen molar-refractivity contribution in [1.82, 2.24) is 4.98 Å². The predicted octanol–water partition coefficient (Wildman–Crippen LogP) is 5.69. The van der Waals surface area contributed by atoms with Crippen LogP contribution in [0.5, 0.6) is 5.75 Å². The fraction of sp³-hybridized carbons (Fsp3) is 0.304. The smallest absolute Gasteiger partial charge is 0.333 e. The zero-order chi connectivity index (χ0) is 21.7. The third-order valence-electron chi connectivity index (χ3n) is 4.72. The van der Waals surface area contributed by atoms with Crippen LogP contribution in [0, 0.1) is 13.8 Å². The van der Waals surface area contributed by atoms with Crippen LogP contribution >= 0.6 is 22.9 Å².